The second-order valence-corrected chi connectivity index (χ2v) is 3.30. The van der Waals surface area contributed by atoms with Gasteiger partial charge in [0.25, 0.3) is 5.71 Å². The molecular weight excluding hydrogens is 240 g/mol. The largest absolute Gasteiger partial charge is 0.468 e. The van der Waals surface area contributed by atoms with Crippen molar-refractivity contribution >= 4 is 17.7 Å². The van der Waals surface area contributed by atoms with Crippen LogP contribution in [0.5, 0.6) is 0 Å². The van der Waals surface area contributed by atoms with E-state index in [0.29, 0.717) is 26.3 Å². The summed E-state index contributed by atoms with van der Waals surface area (Å²) in [5.74, 6) is -0.838. The SMILES string of the molecule is CCOC(=O)/C(C#N)=N/OC(N)=[N+]1CCOCC1. The van der Waals surface area contributed by atoms with Crippen molar-refractivity contribution in [1.82, 2.24) is 0 Å². The standard InChI is InChI=1S/C10H14N4O4/c1-2-17-9(15)8(7-11)13-18-10(12)14-3-5-16-6-4-14/h12H,2-6H2,1H3/p+1/b13-8+. The molecule has 0 radical (unpaired) electrons. The maximum Gasteiger partial charge on any atom is 0.468 e. The van der Waals surface area contributed by atoms with E-state index < -0.39 is 11.7 Å². The number of hydrogen-bond acceptors (Lipinski definition) is 6. The predicted octanol–water partition coefficient (Wildman–Crippen LogP) is -1.20. The zero-order valence-electron chi connectivity index (χ0n) is 10.1. The van der Waals surface area contributed by atoms with Gasteiger partial charge in [0, 0.05) is 0 Å². The number of carbonyl (C=O) groups excluding carboxylic acids is 1. The van der Waals surface area contributed by atoms with Crippen molar-refractivity contribution in [3.8, 4) is 6.07 Å². The van der Waals surface area contributed by atoms with E-state index in [4.69, 9.17) is 20.6 Å². The molecule has 1 aliphatic heterocycles. The second-order valence-electron chi connectivity index (χ2n) is 3.30. The lowest BCUT2D eigenvalue weighted by atomic mass is 10.4. The van der Waals surface area contributed by atoms with Crippen molar-refractivity contribution in [3.63, 3.8) is 0 Å². The minimum atomic E-state index is -0.838. The maximum atomic E-state index is 11.2. The molecule has 0 atom stereocenters. The normalized spacial score (nSPS) is 15.8. The Morgan fingerprint density at radius 3 is 2.78 bits per heavy atom. The lowest BCUT2D eigenvalue weighted by molar-refractivity contribution is -0.557. The number of hydrogen-bond donors (Lipinski definition) is 1. The first-order valence-corrected chi connectivity index (χ1v) is 5.46. The third-order valence-electron chi connectivity index (χ3n) is 2.13. The van der Waals surface area contributed by atoms with Crippen LogP contribution in [0.25, 0.3) is 0 Å². The number of oxime groups is 1. The summed E-state index contributed by atoms with van der Waals surface area (Å²) >= 11 is 0. The first-order valence-electron chi connectivity index (χ1n) is 5.46. The molecule has 8 nitrogen and oxygen atoms in total. The summed E-state index contributed by atoms with van der Waals surface area (Å²) in [4.78, 5) is 16.1. The number of amidine groups is 1. The first-order chi connectivity index (χ1) is 8.69. The highest BCUT2D eigenvalue weighted by Crippen LogP contribution is 1.92. The zero-order chi connectivity index (χ0) is 13.4. The Kier molecular flexibility index (Phi) is 5.60. The van der Waals surface area contributed by atoms with Gasteiger partial charge in [0.2, 0.25) is 0 Å². The van der Waals surface area contributed by atoms with E-state index in [9.17, 15) is 4.79 Å². The molecule has 0 bridgehead atoms. The fourth-order valence-electron chi connectivity index (χ4n) is 1.24. The van der Waals surface area contributed by atoms with Crippen LogP contribution in [0.4, 0.5) is 0 Å². The average molecular weight is 255 g/mol. The Morgan fingerprint density at radius 1 is 1.56 bits per heavy atom. The summed E-state index contributed by atoms with van der Waals surface area (Å²) in [5, 5.41) is 12.1. The Balaban J connectivity index is 2.65. The van der Waals surface area contributed by atoms with Crippen molar-refractivity contribution in [2.24, 2.45) is 10.9 Å². The molecule has 0 aromatic carbocycles. The highest BCUT2D eigenvalue weighted by molar-refractivity contribution is 6.42. The van der Waals surface area contributed by atoms with Gasteiger partial charge in [-0.05, 0) is 6.92 Å². The first kappa shape index (κ1) is 13.9. The predicted molar refractivity (Wildman–Crippen MR) is 60.8 cm³/mol. The number of nitrogens with two attached hydrogens (primary N) is 1. The zero-order valence-corrected chi connectivity index (χ0v) is 10.1. The van der Waals surface area contributed by atoms with Crippen LogP contribution >= 0.6 is 0 Å². The van der Waals surface area contributed by atoms with Gasteiger partial charge in [-0.2, -0.15) is 5.26 Å². The van der Waals surface area contributed by atoms with Crippen LogP contribution in [0.3, 0.4) is 0 Å². The molecule has 18 heavy (non-hydrogen) atoms. The number of ether oxygens (including phenoxy) is 2. The molecule has 0 unspecified atom stereocenters. The molecule has 1 saturated heterocycles. The second kappa shape index (κ2) is 7.24. The highest BCUT2D eigenvalue weighted by Gasteiger charge is 2.17. The fraction of sp³-hybridized carbons (Fsp3) is 0.600. The van der Waals surface area contributed by atoms with Gasteiger partial charge in [0.05, 0.1) is 19.8 Å². The van der Waals surface area contributed by atoms with Gasteiger partial charge in [-0.3, -0.25) is 10.6 Å². The summed E-state index contributed by atoms with van der Waals surface area (Å²) in [7, 11) is 0. The Labute approximate surface area is 104 Å². The van der Waals surface area contributed by atoms with Crippen LogP contribution in [0.1, 0.15) is 6.92 Å². The minimum Gasteiger partial charge on any atom is -0.461 e. The lowest BCUT2D eigenvalue weighted by Crippen LogP contribution is -2.38. The van der Waals surface area contributed by atoms with Crippen LogP contribution in [-0.2, 0) is 19.1 Å². The maximum absolute atomic E-state index is 11.2. The smallest absolute Gasteiger partial charge is 0.461 e. The van der Waals surface area contributed by atoms with E-state index in [2.05, 4.69) is 9.89 Å². The van der Waals surface area contributed by atoms with Crippen molar-refractivity contribution < 1.29 is 23.7 Å². The third kappa shape index (κ3) is 4.03. The molecule has 2 N–H and O–H groups in total. The van der Waals surface area contributed by atoms with Gasteiger partial charge in [-0.25, -0.2) is 9.37 Å². The Morgan fingerprint density at radius 2 is 2.22 bits per heavy atom. The van der Waals surface area contributed by atoms with Crippen LogP contribution in [0.2, 0.25) is 0 Å². The summed E-state index contributed by atoms with van der Waals surface area (Å²) in [6, 6.07) is 1.61. The molecule has 1 rings (SSSR count). The summed E-state index contributed by atoms with van der Waals surface area (Å²) in [6.45, 7) is 4.00. The molecule has 1 heterocycles. The van der Waals surface area contributed by atoms with E-state index >= 15 is 0 Å². The van der Waals surface area contributed by atoms with Crippen LogP contribution in [0.15, 0.2) is 5.16 Å². The van der Waals surface area contributed by atoms with Crippen molar-refractivity contribution in [2.75, 3.05) is 32.9 Å². The molecule has 0 spiro atoms. The summed E-state index contributed by atoms with van der Waals surface area (Å²) in [6.07, 6.45) is 0. The molecule has 1 fully saturated rings. The molecular formula is C10H15N4O4+. The van der Waals surface area contributed by atoms with Crippen molar-refractivity contribution in [2.45, 2.75) is 6.92 Å². The molecule has 0 aromatic heterocycles. The van der Waals surface area contributed by atoms with Crippen LogP contribution < -0.4 is 5.73 Å². The Hall–Kier alpha value is -2.14. The molecule has 1 aliphatic rings. The number of rotatable bonds is 3. The molecule has 8 heteroatoms. The molecule has 0 amide bonds. The van der Waals surface area contributed by atoms with E-state index in [1.165, 1.54) is 0 Å². The van der Waals surface area contributed by atoms with Crippen LogP contribution in [0, 0.1) is 11.3 Å². The molecule has 0 aliphatic carbocycles. The summed E-state index contributed by atoms with van der Waals surface area (Å²) < 4.78 is 11.5. The topological polar surface area (TPSA) is 110 Å². The lowest BCUT2D eigenvalue weighted by Gasteiger charge is -2.13. The van der Waals surface area contributed by atoms with Gasteiger partial charge in [-0.15, -0.1) is 0 Å². The van der Waals surface area contributed by atoms with Crippen LogP contribution in [-0.4, -0.2) is 55.2 Å². The van der Waals surface area contributed by atoms with E-state index in [0.717, 1.165) is 0 Å². The number of morpholine rings is 1. The molecule has 98 valence electrons. The summed E-state index contributed by atoms with van der Waals surface area (Å²) in [5.41, 5.74) is 5.14. The Bertz CT molecular complexity index is 403. The van der Waals surface area contributed by atoms with E-state index in [-0.39, 0.29) is 12.6 Å². The third-order valence-corrected chi connectivity index (χ3v) is 2.13. The van der Waals surface area contributed by atoms with E-state index in [1.54, 1.807) is 17.6 Å². The van der Waals surface area contributed by atoms with Gasteiger partial charge >= 0.3 is 12.0 Å². The van der Waals surface area contributed by atoms with Gasteiger partial charge in [0.15, 0.2) is 0 Å². The average Bonchev–Trinajstić information content (AvgIpc) is 2.40. The highest BCUT2D eigenvalue weighted by atomic mass is 16.6. The number of nitrogens with zero attached hydrogens (tertiary/aromatic N) is 3. The number of esters is 1. The van der Waals surface area contributed by atoms with Crippen molar-refractivity contribution in [1.29, 1.82) is 5.26 Å². The molecule has 0 saturated carbocycles. The molecule has 0 aromatic rings. The quantitative estimate of drug-likeness (QED) is 0.223. The van der Waals surface area contributed by atoms with Gasteiger partial charge in [0.1, 0.15) is 19.2 Å². The van der Waals surface area contributed by atoms with Gasteiger partial charge in [-0.1, -0.05) is 5.16 Å². The minimum absolute atomic E-state index is 0.0235. The fourth-order valence-corrected chi connectivity index (χ4v) is 1.24. The monoisotopic (exact) mass is 255 g/mol. The van der Waals surface area contributed by atoms with Crippen molar-refractivity contribution in [3.05, 3.63) is 0 Å². The number of nitriles is 1. The van der Waals surface area contributed by atoms with Gasteiger partial charge < -0.3 is 9.47 Å². The van der Waals surface area contributed by atoms with E-state index in [1.807, 2.05) is 0 Å². The number of carbonyl (C=O) groups is 1.